The molecule has 0 aliphatic carbocycles. The maximum atomic E-state index is 11.9. The molecule has 34 heavy (non-hydrogen) atoms. The minimum Gasteiger partial charge on any atom is -0.480 e. The van der Waals surface area contributed by atoms with Crippen LogP contribution in [-0.4, -0.2) is 112 Å². The van der Waals surface area contributed by atoms with E-state index in [4.69, 9.17) is 0 Å². The lowest BCUT2D eigenvalue weighted by molar-refractivity contribution is -0.147. The number of aliphatic carboxylic acids is 1. The standard InChI is InChI=1S/C22H38N2O10/c1-31-18(25)8-13-23(14-9-19(26)32-2)12-6-5-7-17(22(29)30)24(15-10-20(27)33-3)16-11-21(28)34-4/h17H,5-16H2,1-4H3,(H,29,30). The van der Waals surface area contributed by atoms with E-state index in [0.29, 0.717) is 38.9 Å². The summed E-state index contributed by atoms with van der Waals surface area (Å²) < 4.78 is 18.6. The average Bonchev–Trinajstić information content (AvgIpc) is 2.84. The molecule has 196 valence electrons. The summed E-state index contributed by atoms with van der Waals surface area (Å²) in [5, 5.41) is 9.75. The Morgan fingerprint density at radius 2 is 1.00 bits per heavy atom. The molecular formula is C22H38N2O10. The molecule has 0 aromatic rings. The lowest BCUT2D eigenvalue weighted by Crippen LogP contribution is -2.43. The van der Waals surface area contributed by atoms with E-state index in [1.165, 1.54) is 28.4 Å². The van der Waals surface area contributed by atoms with Crippen LogP contribution in [0.25, 0.3) is 0 Å². The maximum Gasteiger partial charge on any atom is 0.320 e. The first-order valence-corrected chi connectivity index (χ1v) is 11.1. The highest BCUT2D eigenvalue weighted by Gasteiger charge is 2.26. The van der Waals surface area contributed by atoms with Crippen molar-refractivity contribution in [2.24, 2.45) is 0 Å². The molecule has 0 saturated carbocycles. The number of rotatable bonds is 19. The van der Waals surface area contributed by atoms with E-state index < -0.39 is 23.9 Å². The van der Waals surface area contributed by atoms with Gasteiger partial charge in [-0.05, 0) is 19.4 Å². The van der Waals surface area contributed by atoms with E-state index in [-0.39, 0.29) is 50.7 Å². The fourth-order valence-electron chi connectivity index (χ4n) is 3.27. The van der Waals surface area contributed by atoms with Crippen molar-refractivity contribution in [2.45, 2.75) is 51.0 Å². The Morgan fingerprint density at radius 1 is 0.618 bits per heavy atom. The van der Waals surface area contributed by atoms with Crippen molar-refractivity contribution in [1.82, 2.24) is 9.80 Å². The number of carboxylic acid groups (broad SMARTS) is 1. The summed E-state index contributed by atoms with van der Waals surface area (Å²) in [5.41, 5.74) is 0. The Hall–Kier alpha value is -2.73. The van der Waals surface area contributed by atoms with Crippen molar-refractivity contribution in [3.8, 4) is 0 Å². The minimum atomic E-state index is -1.05. The number of methoxy groups -OCH3 is 4. The third kappa shape index (κ3) is 14.4. The minimum absolute atomic E-state index is 0.00368. The first-order chi connectivity index (χ1) is 16.2. The van der Waals surface area contributed by atoms with Gasteiger partial charge in [-0.15, -0.1) is 0 Å². The van der Waals surface area contributed by atoms with Crippen LogP contribution in [-0.2, 0) is 42.9 Å². The average molecular weight is 491 g/mol. The van der Waals surface area contributed by atoms with Crippen molar-refractivity contribution in [3.05, 3.63) is 0 Å². The van der Waals surface area contributed by atoms with Crippen LogP contribution in [0.3, 0.4) is 0 Å². The van der Waals surface area contributed by atoms with Crippen LogP contribution in [0.4, 0.5) is 0 Å². The van der Waals surface area contributed by atoms with E-state index in [9.17, 15) is 29.1 Å². The molecule has 0 aliphatic rings. The van der Waals surface area contributed by atoms with Crippen LogP contribution >= 0.6 is 0 Å². The Kier molecular flexibility index (Phi) is 17.2. The van der Waals surface area contributed by atoms with Crippen LogP contribution < -0.4 is 0 Å². The topological polar surface area (TPSA) is 149 Å². The fraction of sp³-hybridized carbons (Fsp3) is 0.773. The molecular weight excluding hydrogens is 452 g/mol. The fourth-order valence-corrected chi connectivity index (χ4v) is 3.27. The summed E-state index contributed by atoms with van der Waals surface area (Å²) in [6.07, 6.45) is 1.78. The third-order valence-electron chi connectivity index (χ3n) is 5.31. The predicted molar refractivity (Wildman–Crippen MR) is 120 cm³/mol. The lowest BCUT2D eigenvalue weighted by atomic mass is 10.1. The number of esters is 4. The molecule has 1 atom stereocenters. The second kappa shape index (κ2) is 18.7. The second-order valence-electron chi connectivity index (χ2n) is 7.53. The zero-order valence-electron chi connectivity index (χ0n) is 20.6. The molecule has 0 spiro atoms. The van der Waals surface area contributed by atoms with Gasteiger partial charge in [-0.2, -0.15) is 0 Å². The predicted octanol–water partition coefficient (Wildman–Crippen LogP) is 0.466. The molecule has 1 unspecified atom stereocenters. The highest BCUT2D eigenvalue weighted by Crippen LogP contribution is 2.13. The third-order valence-corrected chi connectivity index (χ3v) is 5.31. The highest BCUT2D eigenvalue weighted by atomic mass is 16.5. The molecule has 12 heteroatoms. The second-order valence-corrected chi connectivity index (χ2v) is 7.53. The smallest absolute Gasteiger partial charge is 0.320 e. The molecule has 0 saturated heterocycles. The van der Waals surface area contributed by atoms with Gasteiger partial charge in [0.1, 0.15) is 6.04 Å². The summed E-state index contributed by atoms with van der Waals surface area (Å²) in [6.45, 7) is 1.60. The maximum absolute atomic E-state index is 11.9. The number of unbranched alkanes of at least 4 members (excludes halogenated alkanes) is 1. The monoisotopic (exact) mass is 490 g/mol. The van der Waals surface area contributed by atoms with Crippen LogP contribution in [0.5, 0.6) is 0 Å². The largest absolute Gasteiger partial charge is 0.480 e. The molecule has 0 aromatic carbocycles. The molecule has 12 nitrogen and oxygen atoms in total. The summed E-state index contributed by atoms with van der Waals surface area (Å²) in [6, 6.07) is -0.895. The van der Waals surface area contributed by atoms with Gasteiger partial charge in [0.15, 0.2) is 0 Å². The van der Waals surface area contributed by atoms with E-state index in [0.717, 1.165) is 0 Å². The molecule has 0 heterocycles. The SMILES string of the molecule is COC(=O)CCN(CCCCC(C(=O)O)N(CCC(=O)OC)CCC(=O)OC)CCC(=O)OC. The van der Waals surface area contributed by atoms with Gasteiger partial charge < -0.3 is 29.0 Å². The van der Waals surface area contributed by atoms with Gasteiger partial charge in [-0.3, -0.25) is 28.9 Å². The summed E-state index contributed by atoms with van der Waals surface area (Å²) in [5.74, 6) is -2.72. The zero-order valence-corrected chi connectivity index (χ0v) is 20.6. The first kappa shape index (κ1) is 31.3. The number of nitrogens with zero attached hydrogens (tertiary/aromatic N) is 2. The van der Waals surface area contributed by atoms with Gasteiger partial charge in [0.2, 0.25) is 0 Å². The van der Waals surface area contributed by atoms with Gasteiger partial charge >= 0.3 is 29.8 Å². The Bertz CT molecular complexity index is 616. The van der Waals surface area contributed by atoms with Crippen LogP contribution in [0.15, 0.2) is 0 Å². The molecule has 0 bridgehead atoms. The molecule has 0 amide bonds. The summed E-state index contributed by atoms with van der Waals surface area (Å²) >= 11 is 0. The quantitative estimate of drug-likeness (QED) is 0.152. The van der Waals surface area contributed by atoms with Crippen LogP contribution in [0.1, 0.15) is 44.9 Å². The van der Waals surface area contributed by atoms with Crippen LogP contribution in [0.2, 0.25) is 0 Å². The number of hydrogen-bond acceptors (Lipinski definition) is 11. The van der Waals surface area contributed by atoms with Gasteiger partial charge in [-0.1, -0.05) is 6.42 Å². The molecule has 0 aromatic heterocycles. The highest BCUT2D eigenvalue weighted by molar-refractivity contribution is 5.74. The summed E-state index contributed by atoms with van der Waals surface area (Å²) in [7, 11) is 5.11. The lowest BCUT2D eigenvalue weighted by Gasteiger charge is -2.28. The van der Waals surface area contributed by atoms with Gasteiger partial charge in [0, 0.05) is 26.2 Å². The Morgan fingerprint density at radius 3 is 1.35 bits per heavy atom. The van der Waals surface area contributed by atoms with E-state index in [2.05, 4.69) is 18.9 Å². The number of carbonyl (C=O) groups excluding carboxylic acids is 4. The molecule has 0 rings (SSSR count). The number of carboxylic acids is 1. The zero-order chi connectivity index (χ0) is 25.9. The normalized spacial score (nSPS) is 11.7. The summed E-state index contributed by atoms with van der Waals surface area (Å²) in [4.78, 5) is 61.4. The molecule has 0 fully saturated rings. The molecule has 0 radical (unpaired) electrons. The van der Waals surface area contributed by atoms with Crippen molar-refractivity contribution < 1.29 is 48.0 Å². The Labute approximate surface area is 200 Å². The molecule has 0 aliphatic heterocycles. The van der Waals surface area contributed by atoms with Gasteiger partial charge in [0.05, 0.1) is 54.1 Å². The number of hydrogen-bond donors (Lipinski definition) is 1. The van der Waals surface area contributed by atoms with Gasteiger partial charge in [0.25, 0.3) is 0 Å². The first-order valence-electron chi connectivity index (χ1n) is 11.1. The van der Waals surface area contributed by atoms with Gasteiger partial charge in [-0.25, -0.2) is 0 Å². The van der Waals surface area contributed by atoms with E-state index >= 15 is 0 Å². The number of carbonyl (C=O) groups is 5. The van der Waals surface area contributed by atoms with E-state index in [1.807, 2.05) is 4.90 Å². The van der Waals surface area contributed by atoms with Crippen molar-refractivity contribution >= 4 is 29.8 Å². The Balaban J connectivity index is 4.96. The van der Waals surface area contributed by atoms with Crippen molar-refractivity contribution in [1.29, 1.82) is 0 Å². The van der Waals surface area contributed by atoms with Crippen LogP contribution in [0, 0.1) is 0 Å². The van der Waals surface area contributed by atoms with Crippen molar-refractivity contribution in [2.75, 3.05) is 61.2 Å². The number of ether oxygens (including phenoxy) is 4. The van der Waals surface area contributed by atoms with E-state index in [1.54, 1.807) is 4.90 Å². The molecule has 1 N–H and O–H groups in total. The van der Waals surface area contributed by atoms with Crippen molar-refractivity contribution in [3.63, 3.8) is 0 Å².